The molecule has 0 aliphatic heterocycles. The number of rotatable bonds is 6. The number of anilines is 3. The molecule has 13 aromatic rings. The van der Waals surface area contributed by atoms with Gasteiger partial charge in [0.25, 0.3) is 0 Å². The molecule has 290 valence electrons. The lowest BCUT2D eigenvalue weighted by molar-refractivity contribution is 0.669. The fourth-order valence-corrected chi connectivity index (χ4v) is 9.89. The summed E-state index contributed by atoms with van der Waals surface area (Å²) in [6, 6.07) is 77.9. The van der Waals surface area contributed by atoms with Gasteiger partial charge in [0.15, 0.2) is 0 Å². The molecule has 4 nitrogen and oxygen atoms in total. The Morgan fingerprint density at radius 1 is 0.355 bits per heavy atom. The maximum atomic E-state index is 7.06. The van der Waals surface area contributed by atoms with E-state index < -0.39 is 0 Å². The normalized spacial score (nSPS) is 11.9. The van der Waals surface area contributed by atoms with Crippen LogP contribution in [0.25, 0.3) is 104 Å². The third-order valence-corrected chi connectivity index (χ3v) is 12.6. The van der Waals surface area contributed by atoms with Crippen LogP contribution in [0.2, 0.25) is 0 Å². The lowest BCUT2D eigenvalue weighted by Gasteiger charge is -2.28. The van der Waals surface area contributed by atoms with Crippen molar-refractivity contribution < 1.29 is 8.83 Å². The average molecular weight is 793 g/mol. The SMILES string of the molecule is c1cc(-c2cccc3c2oc2ccccc23)cc(N(c2cccc3ccccc23)c2ccc(-c3ccccc3-n3c4ccccc4c4ccccc43)c3oc4ccccc4c23)c1. The highest BCUT2D eigenvalue weighted by atomic mass is 16.3. The van der Waals surface area contributed by atoms with Gasteiger partial charge in [-0.05, 0) is 71.6 Å². The van der Waals surface area contributed by atoms with Crippen LogP contribution in [-0.2, 0) is 0 Å². The fourth-order valence-electron chi connectivity index (χ4n) is 9.89. The molecule has 0 unspecified atom stereocenters. The van der Waals surface area contributed by atoms with E-state index in [1.807, 2.05) is 12.1 Å². The topological polar surface area (TPSA) is 34.5 Å². The summed E-state index contributed by atoms with van der Waals surface area (Å²) in [5.41, 5.74) is 14.2. The molecule has 0 atom stereocenters. The summed E-state index contributed by atoms with van der Waals surface area (Å²) in [7, 11) is 0. The Morgan fingerprint density at radius 3 is 1.76 bits per heavy atom. The number of hydrogen-bond donors (Lipinski definition) is 0. The second kappa shape index (κ2) is 13.6. The molecule has 3 heterocycles. The number of furan rings is 2. The van der Waals surface area contributed by atoms with Gasteiger partial charge in [0.2, 0.25) is 0 Å². The van der Waals surface area contributed by atoms with Gasteiger partial charge < -0.3 is 18.3 Å². The summed E-state index contributed by atoms with van der Waals surface area (Å²) in [5, 5.41) is 9.11. The number of nitrogens with zero attached hydrogens (tertiary/aromatic N) is 2. The number of aromatic nitrogens is 1. The number of benzene rings is 10. The van der Waals surface area contributed by atoms with E-state index >= 15 is 0 Å². The largest absolute Gasteiger partial charge is 0.455 e. The van der Waals surface area contributed by atoms with E-state index in [1.54, 1.807) is 0 Å². The average Bonchev–Trinajstić information content (AvgIpc) is 4.02. The first kappa shape index (κ1) is 34.5. The Bertz CT molecular complexity index is 3840. The Hall–Kier alpha value is -8.34. The summed E-state index contributed by atoms with van der Waals surface area (Å²) in [5.74, 6) is 0. The highest BCUT2D eigenvalue weighted by molar-refractivity contribution is 6.19. The van der Waals surface area contributed by atoms with Crippen LogP contribution in [0, 0.1) is 0 Å². The molecule has 0 aliphatic rings. The fraction of sp³-hybridized carbons (Fsp3) is 0. The van der Waals surface area contributed by atoms with Crippen LogP contribution in [0.4, 0.5) is 17.1 Å². The van der Waals surface area contributed by atoms with E-state index in [0.29, 0.717) is 0 Å². The van der Waals surface area contributed by atoms with Gasteiger partial charge in [0.05, 0.1) is 33.5 Å². The monoisotopic (exact) mass is 792 g/mol. The minimum atomic E-state index is 0.838. The lowest BCUT2D eigenvalue weighted by Crippen LogP contribution is -2.11. The third kappa shape index (κ3) is 5.14. The molecule has 0 spiro atoms. The molecule has 3 aromatic heterocycles. The lowest BCUT2D eigenvalue weighted by atomic mass is 9.97. The quantitative estimate of drug-likeness (QED) is 0.168. The second-order valence-electron chi connectivity index (χ2n) is 16.0. The Morgan fingerprint density at radius 2 is 0.935 bits per heavy atom. The number of hydrogen-bond acceptors (Lipinski definition) is 3. The molecule has 0 saturated heterocycles. The van der Waals surface area contributed by atoms with Gasteiger partial charge >= 0.3 is 0 Å². The first-order valence-electron chi connectivity index (χ1n) is 21.1. The van der Waals surface area contributed by atoms with Crippen LogP contribution in [0.3, 0.4) is 0 Å². The van der Waals surface area contributed by atoms with Crippen molar-refractivity contribution in [1.29, 1.82) is 0 Å². The molecule has 62 heavy (non-hydrogen) atoms. The van der Waals surface area contributed by atoms with Gasteiger partial charge in [-0.15, -0.1) is 0 Å². The van der Waals surface area contributed by atoms with E-state index in [2.05, 4.69) is 216 Å². The zero-order valence-corrected chi connectivity index (χ0v) is 33.5. The summed E-state index contributed by atoms with van der Waals surface area (Å²) in [6.07, 6.45) is 0. The summed E-state index contributed by atoms with van der Waals surface area (Å²) < 4.78 is 16.0. The van der Waals surface area contributed by atoms with Crippen molar-refractivity contribution in [3.8, 4) is 27.9 Å². The van der Waals surface area contributed by atoms with E-state index in [1.165, 1.54) is 27.2 Å². The van der Waals surface area contributed by atoms with Gasteiger partial charge in [-0.2, -0.15) is 0 Å². The maximum absolute atomic E-state index is 7.06. The summed E-state index contributed by atoms with van der Waals surface area (Å²) in [6.45, 7) is 0. The van der Waals surface area contributed by atoms with Gasteiger partial charge in [0, 0.05) is 54.7 Å². The van der Waals surface area contributed by atoms with Crippen LogP contribution < -0.4 is 4.90 Å². The van der Waals surface area contributed by atoms with Crippen LogP contribution in [0.5, 0.6) is 0 Å². The minimum absolute atomic E-state index is 0.838. The maximum Gasteiger partial charge on any atom is 0.145 e. The van der Waals surface area contributed by atoms with Crippen LogP contribution >= 0.6 is 0 Å². The number of fused-ring (bicyclic) bond motifs is 10. The smallest absolute Gasteiger partial charge is 0.145 e. The van der Waals surface area contributed by atoms with Crippen molar-refractivity contribution in [3.63, 3.8) is 0 Å². The Labute approximate surface area is 356 Å². The minimum Gasteiger partial charge on any atom is -0.455 e. The molecule has 0 saturated carbocycles. The standard InChI is InChI=1S/C58H36N2O2/c1-2-20-40-37(16-1)17-14-31-49(40)59(39-19-13-18-38(36-39)41-26-15-27-46-45-24-6-11-32-54(45)61-57(41)46)53-35-34-47(58-56(53)48-25-7-12-33-55(48)62-58)44-23-5-10-30-52(44)60-50-28-8-3-21-42(50)43-22-4-9-29-51(43)60/h1-36H. The molecule has 0 N–H and O–H groups in total. The molecule has 0 bridgehead atoms. The predicted octanol–water partition coefficient (Wildman–Crippen LogP) is 16.5. The highest BCUT2D eigenvalue weighted by Crippen LogP contribution is 2.49. The first-order valence-corrected chi connectivity index (χ1v) is 21.1. The molecule has 0 radical (unpaired) electrons. The summed E-state index contributed by atoms with van der Waals surface area (Å²) >= 11 is 0. The van der Waals surface area contributed by atoms with Crippen molar-refractivity contribution in [2.45, 2.75) is 0 Å². The Balaban J connectivity index is 1.08. The Kier molecular flexibility index (Phi) is 7.57. The van der Waals surface area contributed by atoms with E-state index in [0.717, 1.165) is 94.3 Å². The van der Waals surface area contributed by atoms with Crippen LogP contribution in [-0.4, -0.2) is 4.57 Å². The third-order valence-electron chi connectivity index (χ3n) is 12.6. The number of para-hydroxylation sites is 6. The van der Waals surface area contributed by atoms with Gasteiger partial charge in [0.1, 0.15) is 22.3 Å². The van der Waals surface area contributed by atoms with Crippen LogP contribution in [0.15, 0.2) is 227 Å². The molecule has 0 amide bonds. The molecule has 0 aliphatic carbocycles. The first-order chi connectivity index (χ1) is 30.8. The second-order valence-corrected chi connectivity index (χ2v) is 16.0. The van der Waals surface area contributed by atoms with Crippen molar-refractivity contribution in [3.05, 3.63) is 218 Å². The molecule has 4 heteroatoms. The van der Waals surface area contributed by atoms with Gasteiger partial charge in [-0.3, -0.25) is 0 Å². The predicted molar refractivity (Wildman–Crippen MR) is 258 cm³/mol. The van der Waals surface area contributed by atoms with Crippen LogP contribution in [0.1, 0.15) is 0 Å². The van der Waals surface area contributed by atoms with Gasteiger partial charge in [-0.25, -0.2) is 0 Å². The van der Waals surface area contributed by atoms with Crippen molar-refractivity contribution in [1.82, 2.24) is 4.57 Å². The van der Waals surface area contributed by atoms with E-state index in [9.17, 15) is 0 Å². The molecular weight excluding hydrogens is 757 g/mol. The zero-order chi connectivity index (χ0) is 40.7. The van der Waals surface area contributed by atoms with Crippen molar-refractivity contribution in [2.24, 2.45) is 0 Å². The molecular formula is C58H36N2O2. The summed E-state index contributed by atoms with van der Waals surface area (Å²) in [4.78, 5) is 2.41. The van der Waals surface area contributed by atoms with Crippen molar-refractivity contribution in [2.75, 3.05) is 4.90 Å². The van der Waals surface area contributed by atoms with E-state index in [4.69, 9.17) is 8.83 Å². The van der Waals surface area contributed by atoms with E-state index in [-0.39, 0.29) is 0 Å². The van der Waals surface area contributed by atoms with Gasteiger partial charge in [-0.1, -0.05) is 158 Å². The van der Waals surface area contributed by atoms with Crippen molar-refractivity contribution >= 4 is 93.5 Å². The molecule has 13 rings (SSSR count). The highest BCUT2D eigenvalue weighted by Gasteiger charge is 2.25. The molecule has 10 aromatic carbocycles. The molecule has 0 fully saturated rings. The zero-order valence-electron chi connectivity index (χ0n) is 33.5.